The van der Waals surface area contributed by atoms with Gasteiger partial charge in [0.25, 0.3) is 0 Å². The highest BCUT2D eigenvalue weighted by Crippen LogP contribution is 2.30. The fraction of sp³-hybridized carbons (Fsp3) is 0.333. The Labute approximate surface area is 127 Å². The van der Waals surface area contributed by atoms with Gasteiger partial charge in [-0.05, 0) is 48.6 Å². The van der Waals surface area contributed by atoms with Gasteiger partial charge in [-0.2, -0.15) is 0 Å². The molecule has 0 bridgehead atoms. The van der Waals surface area contributed by atoms with Crippen LogP contribution < -0.4 is 11.1 Å². The van der Waals surface area contributed by atoms with Crippen molar-refractivity contribution in [1.29, 1.82) is 0 Å². The van der Waals surface area contributed by atoms with Gasteiger partial charge in [0.05, 0.1) is 0 Å². The molecule has 0 unspecified atom stereocenters. The third-order valence-electron chi connectivity index (χ3n) is 3.62. The number of rotatable bonds is 5. The molecule has 0 saturated carbocycles. The standard InChI is InChI=1S/C15H18N4OS/c16-15(19-20)13-6-10(4-5-18-13)8-17-9-12-7-11-2-1-3-14(11)21-12/h4-7,17,20H,1-3,8-9H2,(H2,16,19). The molecule has 2 heterocycles. The van der Waals surface area contributed by atoms with Gasteiger partial charge < -0.3 is 16.3 Å². The summed E-state index contributed by atoms with van der Waals surface area (Å²) in [5, 5.41) is 15.1. The fourth-order valence-corrected chi connectivity index (χ4v) is 3.81. The first-order valence-electron chi connectivity index (χ1n) is 7.00. The van der Waals surface area contributed by atoms with Crippen LogP contribution in [0.4, 0.5) is 0 Å². The lowest BCUT2D eigenvalue weighted by atomic mass is 10.2. The summed E-state index contributed by atoms with van der Waals surface area (Å²) >= 11 is 1.92. The molecule has 6 heteroatoms. The van der Waals surface area contributed by atoms with Crippen LogP contribution >= 0.6 is 11.3 Å². The van der Waals surface area contributed by atoms with E-state index in [1.807, 2.05) is 23.5 Å². The highest BCUT2D eigenvalue weighted by Gasteiger charge is 2.14. The number of aromatic nitrogens is 1. The Balaban J connectivity index is 1.57. The van der Waals surface area contributed by atoms with Crippen molar-refractivity contribution in [3.05, 3.63) is 51.0 Å². The zero-order valence-corrected chi connectivity index (χ0v) is 12.5. The quantitative estimate of drug-likeness (QED) is 0.341. The molecule has 5 nitrogen and oxygen atoms in total. The second-order valence-electron chi connectivity index (χ2n) is 5.15. The average Bonchev–Trinajstić information content (AvgIpc) is 3.08. The normalized spacial score (nSPS) is 14.4. The lowest BCUT2D eigenvalue weighted by Gasteiger charge is -2.05. The summed E-state index contributed by atoms with van der Waals surface area (Å²) < 4.78 is 0. The number of oxime groups is 1. The number of thiophene rings is 1. The minimum atomic E-state index is 0.0338. The van der Waals surface area contributed by atoms with Gasteiger partial charge in [0, 0.05) is 29.0 Å². The van der Waals surface area contributed by atoms with Gasteiger partial charge in [0.15, 0.2) is 5.84 Å². The molecule has 2 aromatic rings. The van der Waals surface area contributed by atoms with Crippen molar-refractivity contribution < 1.29 is 5.21 Å². The molecule has 0 aliphatic heterocycles. The largest absolute Gasteiger partial charge is 0.409 e. The lowest BCUT2D eigenvalue weighted by Crippen LogP contribution is -2.17. The summed E-state index contributed by atoms with van der Waals surface area (Å²) in [6, 6.07) is 6.08. The maximum atomic E-state index is 8.67. The maximum Gasteiger partial charge on any atom is 0.188 e. The van der Waals surface area contributed by atoms with E-state index in [9.17, 15) is 0 Å². The van der Waals surface area contributed by atoms with Crippen molar-refractivity contribution in [2.45, 2.75) is 32.4 Å². The highest BCUT2D eigenvalue weighted by molar-refractivity contribution is 7.12. The number of fused-ring (bicyclic) bond motifs is 1. The van der Waals surface area contributed by atoms with Gasteiger partial charge >= 0.3 is 0 Å². The predicted octanol–water partition coefficient (Wildman–Crippen LogP) is 2.02. The number of aryl methyl sites for hydroxylation is 2. The molecule has 0 atom stereocenters. The molecular weight excluding hydrogens is 284 g/mol. The number of hydrogen-bond acceptors (Lipinski definition) is 5. The lowest BCUT2D eigenvalue weighted by molar-refractivity contribution is 0.318. The Kier molecular flexibility index (Phi) is 4.17. The van der Waals surface area contributed by atoms with Gasteiger partial charge in [0.1, 0.15) is 5.69 Å². The van der Waals surface area contributed by atoms with Crippen molar-refractivity contribution in [3.8, 4) is 0 Å². The molecule has 2 aromatic heterocycles. The van der Waals surface area contributed by atoms with E-state index in [4.69, 9.17) is 10.9 Å². The predicted molar refractivity (Wildman–Crippen MR) is 83.6 cm³/mol. The molecule has 0 radical (unpaired) electrons. The molecule has 1 aliphatic rings. The molecule has 0 fully saturated rings. The van der Waals surface area contributed by atoms with Crippen LogP contribution in [0.5, 0.6) is 0 Å². The topological polar surface area (TPSA) is 83.5 Å². The van der Waals surface area contributed by atoms with E-state index in [1.165, 1.54) is 29.7 Å². The first kappa shape index (κ1) is 14.0. The van der Waals surface area contributed by atoms with Crippen molar-refractivity contribution in [1.82, 2.24) is 10.3 Å². The highest BCUT2D eigenvalue weighted by atomic mass is 32.1. The summed E-state index contributed by atoms with van der Waals surface area (Å²) in [6.45, 7) is 1.61. The van der Waals surface area contributed by atoms with Crippen LogP contribution in [-0.2, 0) is 25.9 Å². The van der Waals surface area contributed by atoms with E-state index in [2.05, 4.69) is 21.5 Å². The third-order valence-corrected chi connectivity index (χ3v) is 4.86. The van der Waals surface area contributed by atoms with Gasteiger partial charge in [-0.1, -0.05) is 5.16 Å². The first-order chi connectivity index (χ1) is 10.3. The fourth-order valence-electron chi connectivity index (χ4n) is 2.58. The van der Waals surface area contributed by atoms with E-state index in [-0.39, 0.29) is 5.84 Å². The summed E-state index contributed by atoms with van der Waals surface area (Å²) in [4.78, 5) is 7.02. The number of pyridine rings is 1. The first-order valence-corrected chi connectivity index (χ1v) is 7.82. The monoisotopic (exact) mass is 302 g/mol. The molecule has 3 rings (SSSR count). The van der Waals surface area contributed by atoms with Crippen molar-refractivity contribution in [3.63, 3.8) is 0 Å². The minimum absolute atomic E-state index is 0.0338. The second kappa shape index (κ2) is 6.24. The Morgan fingerprint density at radius 3 is 3.10 bits per heavy atom. The van der Waals surface area contributed by atoms with Crippen molar-refractivity contribution in [2.75, 3.05) is 0 Å². The van der Waals surface area contributed by atoms with E-state index in [1.54, 1.807) is 11.1 Å². The van der Waals surface area contributed by atoms with Crippen LogP contribution in [0, 0.1) is 0 Å². The van der Waals surface area contributed by atoms with E-state index >= 15 is 0 Å². The van der Waals surface area contributed by atoms with Gasteiger partial charge in [0.2, 0.25) is 0 Å². The summed E-state index contributed by atoms with van der Waals surface area (Å²) in [7, 11) is 0. The summed E-state index contributed by atoms with van der Waals surface area (Å²) in [5.41, 5.74) is 8.64. The molecule has 110 valence electrons. The number of nitrogens with two attached hydrogens (primary N) is 1. The zero-order chi connectivity index (χ0) is 14.7. The number of hydrogen-bond donors (Lipinski definition) is 3. The van der Waals surface area contributed by atoms with E-state index in [0.29, 0.717) is 5.69 Å². The molecule has 0 spiro atoms. The molecule has 0 amide bonds. The SMILES string of the molecule is NC(=NO)c1cc(CNCc2cc3c(s2)CCC3)ccn1. The summed E-state index contributed by atoms with van der Waals surface area (Å²) in [6.07, 6.45) is 5.46. The van der Waals surface area contributed by atoms with Gasteiger partial charge in [-0.3, -0.25) is 4.98 Å². The maximum absolute atomic E-state index is 8.67. The van der Waals surface area contributed by atoms with Crippen LogP contribution in [-0.4, -0.2) is 16.0 Å². The second-order valence-corrected chi connectivity index (χ2v) is 6.37. The zero-order valence-electron chi connectivity index (χ0n) is 11.7. The Morgan fingerprint density at radius 1 is 1.38 bits per heavy atom. The number of amidine groups is 1. The Hall–Kier alpha value is -1.92. The van der Waals surface area contributed by atoms with E-state index in [0.717, 1.165) is 18.7 Å². The Morgan fingerprint density at radius 2 is 2.29 bits per heavy atom. The molecular formula is C15H18N4OS. The van der Waals surface area contributed by atoms with Crippen LogP contribution in [0.15, 0.2) is 29.6 Å². The van der Waals surface area contributed by atoms with Crippen LogP contribution in [0.1, 0.15) is 33.0 Å². The van der Waals surface area contributed by atoms with Crippen molar-refractivity contribution >= 4 is 17.2 Å². The molecule has 0 aromatic carbocycles. The van der Waals surface area contributed by atoms with Gasteiger partial charge in [-0.25, -0.2) is 0 Å². The average molecular weight is 302 g/mol. The van der Waals surface area contributed by atoms with Gasteiger partial charge in [-0.15, -0.1) is 11.3 Å². The number of nitrogens with one attached hydrogen (secondary N) is 1. The van der Waals surface area contributed by atoms with Crippen LogP contribution in [0.3, 0.4) is 0 Å². The van der Waals surface area contributed by atoms with Crippen LogP contribution in [0.2, 0.25) is 0 Å². The third kappa shape index (κ3) is 3.22. The van der Waals surface area contributed by atoms with Crippen LogP contribution in [0.25, 0.3) is 0 Å². The Bertz CT molecular complexity index is 644. The summed E-state index contributed by atoms with van der Waals surface area (Å²) in [5.74, 6) is 0.0338. The van der Waals surface area contributed by atoms with E-state index < -0.39 is 0 Å². The molecule has 1 aliphatic carbocycles. The molecule has 0 saturated heterocycles. The number of nitrogens with zero attached hydrogens (tertiary/aromatic N) is 2. The molecule has 21 heavy (non-hydrogen) atoms. The van der Waals surface area contributed by atoms with Crippen molar-refractivity contribution in [2.24, 2.45) is 10.9 Å². The smallest absolute Gasteiger partial charge is 0.188 e. The molecule has 4 N–H and O–H groups in total. The minimum Gasteiger partial charge on any atom is -0.409 e.